The number of furan rings is 1. The molecule has 5 nitrogen and oxygen atoms in total. The molecule has 5 heteroatoms. The molecule has 1 aliphatic rings. The third kappa shape index (κ3) is 3.34. The van der Waals surface area contributed by atoms with E-state index in [4.69, 9.17) is 10.2 Å². The van der Waals surface area contributed by atoms with E-state index in [1.54, 1.807) is 6.07 Å². The van der Waals surface area contributed by atoms with Crippen LogP contribution < -0.4 is 11.1 Å². The third-order valence-corrected chi connectivity index (χ3v) is 3.27. The zero-order valence-corrected chi connectivity index (χ0v) is 10.8. The third-order valence-electron chi connectivity index (χ3n) is 3.27. The van der Waals surface area contributed by atoms with Crippen LogP contribution in [0.1, 0.15) is 35.9 Å². The molecule has 0 aromatic carbocycles. The fraction of sp³-hybridized carbons (Fsp3) is 0.615. The smallest absolute Gasteiger partial charge is 0.254 e. The second-order valence-corrected chi connectivity index (χ2v) is 4.62. The van der Waals surface area contributed by atoms with E-state index >= 15 is 0 Å². The van der Waals surface area contributed by atoms with E-state index in [9.17, 15) is 4.79 Å². The van der Waals surface area contributed by atoms with Crippen molar-refractivity contribution < 1.29 is 9.21 Å². The number of carbonyl (C=O) groups excluding carboxylic acids is 1. The molecule has 100 valence electrons. The standard InChI is InChI=1S/C13H21N3O2/c1-2-16(11-3-4-11)6-5-15-13(17)10-7-12(8-14)18-9-10/h7,9,11H,2-6,8,14H2,1H3,(H,15,17). The van der Waals surface area contributed by atoms with Crippen LogP contribution in [0.5, 0.6) is 0 Å². The van der Waals surface area contributed by atoms with Gasteiger partial charge in [-0.05, 0) is 25.5 Å². The Morgan fingerprint density at radius 3 is 2.94 bits per heavy atom. The Kier molecular flexibility index (Phi) is 4.38. The predicted molar refractivity (Wildman–Crippen MR) is 69.2 cm³/mol. The predicted octanol–water partition coefficient (Wildman–Crippen LogP) is 0.952. The number of nitrogens with zero attached hydrogens (tertiary/aromatic N) is 1. The highest BCUT2D eigenvalue weighted by molar-refractivity contribution is 5.93. The van der Waals surface area contributed by atoms with E-state index in [1.165, 1.54) is 19.1 Å². The van der Waals surface area contributed by atoms with Gasteiger partial charge < -0.3 is 15.5 Å². The van der Waals surface area contributed by atoms with E-state index in [1.807, 2.05) is 0 Å². The van der Waals surface area contributed by atoms with E-state index in [-0.39, 0.29) is 5.91 Å². The van der Waals surface area contributed by atoms with Gasteiger partial charge in [-0.3, -0.25) is 9.69 Å². The quantitative estimate of drug-likeness (QED) is 0.757. The van der Waals surface area contributed by atoms with Crippen molar-refractivity contribution in [3.63, 3.8) is 0 Å². The highest BCUT2D eigenvalue weighted by Crippen LogP contribution is 2.25. The summed E-state index contributed by atoms with van der Waals surface area (Å²) in [5.41, 5.74) is 5.98. The van der Waals surface area contributed by atoms with E-state index in [0.717, 1.165) is 19.1 Å². The van der Waals surface area contributed by atoms with Gasteiger partial charge >= 0.3 is 0 Å². The van der Waals surface area contributed by atoms with Gasteiger partial charge in [0.2, 0.25) is 0 Å². The molecular formula is C13H21N3O2. The van der Waals surface area contributed by atoms with E-state index in [0.29, 0.717) is 24.4 Å². The zero-order chi connectivity index (χ0) is 13.0. The monoisotopic (exact) mass is 251 g/mol. The number of amides is 1. The second-order valence-electron chi connectivity index (χ2n) is 4.62. The minimum atomic E-state index is -0.0923. The molecule has 1 aliphatic carbocycles. The summed E-state index contributed by atoms with van der Waals surface area (Å²) in [5, 5.41) is 2.90. The van der Waals surface area contributed by atoms with Crippen molar-refractivity contribution in [2.45, 2.75) is 32.4 Å². The van der Waals surface area contributed by atoms with E-state index in [2.05, 4.69) is 17.1 Å². The summed E-state index contributed by atoms with van der Waals surface area (Å²) >= 11 is 0. The highest BCUT2D eigenvalue weighted by Gasteiger charge is 2.27. The molecule has 1 aromatic rings. The molecule has 0 atom stereocenters. The van der Waals surface area contributed by atoms with Gasteiger partial charge in [-0.2, -0.15) is 0 Å². The van der Waals surface area contributed by atoms with Crippen molar-refractivity contribution in [1.29, 1.82) is 0 Å². The minimum absolute atomic E-state index is 0.0923. The minimum Gasteiger partial charge on any atom is -0.467 e. The van der Waals surface area contributed by atoms with Crippen LogP contribution in [0.4, 0.5) is 0 Å². The van der Waals surface area contributed by atoms with Crippen LogP contribution in [-0.2, 0) is 6.54 Å². The summed E-state index contributed by atoms with van der Waals surface area (Å²) in [6, 6.07) is 2.43. The maximum absolute atomic E-state index is 11.8. The molecular weight excluding hydrogens is 230 g/mol. The molecule has 1 amide bonds. The highest BCUT2D eigenvalue weighted by atomic mass is 16.3. The van der Waals surface area contributed by atoms with Gasteiger partial charge in [0.15, 0.2) is 0 Å². The van der Waals surface area contributed by atoms with Crippen LogP contribution in [0.3, 0.4) is 0 Å². The molecule has 1 saturated carbocycles. The Hall–Kier alpha value is -1.33. The van der Waals surface area contributed by atoms with Crippen LogP contribution >= 0.6 is 0 Å². The average molecular weight is 251 g/mol. The molecule has 1 heterocycles. The van der Waals surface area contributed by atoms with Gasteiger partial charge in [0, 0.05) is 19.1 Å². The van der Waals surface area contributed by atoms with E-state index < -0.39 is 0 Å². The number of hydrogen-bond acceptors (Lipinski definition) is 4. The largest absolute Gasteiger partial charge is 0.467 e. The molecule has 1 fully saturated rings. The van der Waals surface area contributed by atoms with Crippen molar-refractivity contribution in [1.82, 2.24) is 10.2 Å². The lowest BCUT2D eigenvalue weighted by Gasteiger charge is -2.19. The summed E-state index contributed by atoms with van der Waals surface area (Å²) < 4.78 is 5.14. The molecule has 0 radical (unpaired) electrons. The van der Waals surface area contributed by atoms with Crippen molar-refractivity contribution in [3.8, 4) is 0 Å². The maximum Gasteiger partial charge on any atom is 0.254 e. The van der Waals surface area contributed by atoms with Gasteiger partial charge in [0.05, 0.1) is 12.1 Å². The first-order valence-electron chi connectivity index (χ1n) is 6.54. The fourth-order valence-corrected chi connectivity index (χ4v) is 2.06. The second kappa shape index (κ2) is 6.02. The van der Waals surface area contributed by atoms with Crippen LogP contribution in [0, 0.1) is 0 Å². The number of carbonyl (C=O) groups is 1. The van der Waals surface area contributed by atoms with Crippen LogP contribution in [-0.4, -0.2) is 36.5 Å². The Morgan fingerprint density at radius 1 is 1.61 bits per heavy atom. The number of nitrogens with one attached hydrogen (secondary N) is 1. The average Bonchev–Trinajstić information content (AvgIpc) is 3.10. The summed E-state index contributed by atoms with van der Waals surface area (Å²) in [7, 11) is 0. The SMILES string of the molecule is CCN(CCNC(=O)c1coc(CN)c1)C1CC1. The molecule has 0 unspecified atom stereocenters. The van der Waals surface area contributed by atoms with Crippen molar-refractivity contribution >= 4 is 5.91 Å². The summed E-state index contributed by atoms with van der Waals surface area (Å²) in [6.45, 7) is 5.10. The summed E-state index contributed by atoms with van der Waals surface area (Å²) in [4.78, 5) is 14.2. The van der Waals surface area contributed by atoms with Crippen LogP contribution in [0.25, 0.3) is 0 Å². The van der Waals surface area contributed by atoms with Crippen molar-refractivity contribution in [2.75, 3.05) is 19.6 Å². The normalized spacial score (nSPS) is 15.1. The molecule has 0 saturated heterocycles. The summed E-state index contributed by atoms with van der Waals surface area (Å²) in [5.74, 6) is 0.540. The Morgan fingerprint density at radius 2 is 2.39 bits per heavy atom. The molecule has 0 spiro atoms. The Labute approximate surface area is 107 Å². The first-order chi connectivity index (χ1) is 8.74. The lowest BCUT2D eigenvalue weighted by molar-refractivity contribution is 0.0947. The van der Waals surface area contributed by atoms with Crippen LogP contribution in [0.2, 0.25) is 0 Å². The van der Waals surface area contributed by atoms with Gasteiger partial charge in [0.1, 0.15) is 12.0 Å². The molecule has 0 bridgehead atoms. The number of rotatable bonds is 7. The van der Waals surface area contributed by atoms with Gasteiger partial charge in [0.25, 0.3) is 5.91 Å². The van der Waals surface area contributed by atoms with Gasteiger partial charge in [-0.1, -0.05) is 6.92 Å². The molecule has 1 aromatic heterocycles. The number of nitrogens with two attached hydrogens (primary N) is 1. The maximum atomic E-state index is 11.8. The number of likely N-dealkylation sites (N-methyl/N-ethyl adjacent to an activating group) is 1. The van der Waals surface area contributed by atoms with Crippen molar-refractivity contribution in [3.05, 3.63) is 23.7 Å². The lowest BCUT2D eigenvalue weighted by atomic mass is 10.3. The Balaban J connectivity index is 1.73. The molecule has 0 aliphatic heterocycles. The molecule has 2 rings (SSSR count). The molecule has 3 N–H and O–H groups in total. The first-order valence-corrected chi connectivity index (χ1v) is 6.54. The fourth-order valence-electron chi connectivity index (χ4n) is 2.06. The Bertz CT molecular complexity index is 399. The van der Waals surface area contributed by atoms with Gasteiger partial charge in [-0.15, -0.1) is 0 Å². The number of hydrogen-bond donors (Lipinski definition) is 2. The molecule has 18 heavy (non-hydrogen) atoms. The van der Waals surface area contributed by atoms with Gasteiger partial charge in [-0.25, -0.2) is 0 Å². The van der Waals surface area contributed by atoms with Crippen LogP contribution in [0.15, 0.2) is 16.7 Å². The summed E-state index contributed by atoms with van der Waals surface area (Å²) in [6.07, 6.45) is 4.04. The first kappa shape index (κ1) is 13.1. The zero-order valence-electron chi connectivity index (χ0n) is 10.8. The van der Waals surface area contributed by atoms with Crippen molar-refractivity contribution in [2.24, 2.45) is 5.73 Å². The lowest BCUT2D eigenvalue weighted by Crippen LogP contribution is -2.35. The topological polar surface area (TPSA) is 71.5 Å².